The van der Waals surface area contributed by atoms with Gasteiger partial charge in [0.25, 0.3) is 0 Å². The number of nitrogens with zero attached hydrogens (tertiary/aromatic N) is 3. The molecule has 0 N–H and O–H groups in total. The Morgan fingerprint density at radius 3 is 3.00 bits per heavy atom. The summed E-state index contributed by atoms with van der Waals surface area (Å²) in [6, 6.07) is 1.87. The number of hydrogen-bond donors (Lipinski definition) is 0. The molecule has 5 heteroatoms. The fourth-order valence-electron chi connectivity index (χ4n) is 0.692. The van der Waals surface area contributed by atoms with Crippen molar-refractivity contribution < 1.29 is 20.1 Å². The Morgan fingerprint density at radius 2 is 2.45 bits per heavy atom. The molecule has 0 aliphatic heterocycles. The summed E-state index contributed by atoms with van der Waals surface area (Å²) >= 11 is 1.37. The topological polar surface area (TPSA) is 30.7 Å². The fraction of sp³-hybridized carbons (Fsp3) is 0. The van der Waals surface area contributed by atoms with Gasteiger partial charge in [-0.25, -0.2) is 0 Å². The second-order valence-corrected chi connectivity index (χ2v) is 2.39. The molecule has 0 aliphatic rings. The van der Waals surface area contributed by atoms with Crippen molar-refractivity contribution >= 4 is 11.5 Å². The molecule has 2 heterocycles. The third kappa shape index (κ3) is 1.74. The summed E-state index contributed by atoms with van der Waals surface area (Å²) in [5.41, 5.74) is 0.898. The molecule has 3 nitrogen and oxygen atoms in total. The maximum atomic E-state index is 4.01. The van der Waals surface area contributed by atoms with E-state index in [4.69, 9.17) is 0 Å². The van der Waals surface area contributed by atoms with Crippen LogP contribution in [0.25, 0.3) is 5.69 Å². The van der Waals surface area contributed by atoms with Gasteiger partial charge in [0.15, 0.2) is 0 Å². The Labute approximate surface area is 81.6 Å². The Bertz CT molecular complexity index is 257. The van der Waals surface area contributed by atoms with Crippen LogP contribution in [0, 0.1) is 6.20 Å². The molecule has 59 valence electrons. The van der Waals surface area contributed by atoms with E-state index in [9.17, 15) is 0 Å². The molecule has 0 aliphatic carbocycles. The number of aromatic nitrogens is 3. The van der Waals surface area contributed by atoms with E-state index in [1.165, 1.54) is 11.5 Å². The van der Waals surface area contributed by atoms with E-state index >= 15 is 0 Å². The van der Waals surface area contributed by atoms with Gasteiger partial charge in [0.05, 0.1) is 0 Å². The normalized spacial score (nSPS) is 9.09. The Balaban J connectivity index is 0.000000605. The van der Waals surface area contributed by atoms with Crippen LogP contribution in [0.4, 0.5) is 0 Å². The molecular formula is C6H4IrN3S-. The van der Waals surface area contributed by atoms with Gasteiger partial charge in [0.1, 0.15) is 0 Å². The van der Waals surface area contributed by atoms with Gasteiger partial charge in [-0.2, -0.15) is 16.6 Å². The largest absolute Gasteiger partial charge is 0.323 e. The van der Waals surface area contributed by atoms with Gasteiger partial charge in [0, 0.05) is 32.5 Å². The average molecular weight is 342 g/mol. The Hall–Kier alpha value is -0.511. The van der Waals surface area contributed by atoms with E-state index < -0.39 is 0 Å². The number of rotatable bonds is 1. The van der Waals surface area contributed by atoms with E-state index in [1.807, 2.05) is 17.6 Å². The molecule has 0 fully saturated rings. The summed E-state index contributed by atoms with van der Waals surface area (Å²) in [7, 11) is 0. The summed E-state index contributed by atoms with van der Waals surface area (Å²) in [5.74, 6) is 0. The third-order valence-electron chi connectivity index (χ3n) is 1.13. The summed E-state index contributed by atoms with van der Waals surface area (Å²) in [6.45, 7) is 0. The maximum absolute atomic E-state index is 4.01. The maximum Gasteiger partial charge on any atom is 0.0492 e. The molecule has 0 atom stereocenters. The van der Waals surface area contributed by atoms with Crippen molar-refractivity contribution in [1.82, 2.24) is 14.2 Å². The second-order valence-electron chi connectivity index (χ2n) is 1.76. The molecule has 0 aromatic carbocycles. The summed E-state index contributed by atoms with van der Waals surface area (Å²) in [4.78, 5) is 0. The zero-order valence-corrected chi connectivity index (χ0v) is 8.60. The first-order valence-corrected chi connectivity index (χ1v) is 3.62. The van der Waals surface area contributed by atoms with Crippen molar-refractivity contribution in [2.75, 3.05) is 0 Å². The molecule has 2 aromatic rings. The van der Waals surface area contributed by atoms with Crippen LogP contribution in [0.15, 0.2) is 23.8 Å². The van der Waals surface area contributed by atoms with Crippen molar-refractivity contribution in [2.24, 2.45) is 0 Å². The SMILES string of the molecule is [Ir].[c-]1nscc1-n1cccn1. The van der Waals surface area contributed by atoms with Gasteiger partial charge >= 0.3 is 0 Å². The molecule has 11 heavy (non-hydrogen) atoms. The minimum atomic E-state index is 0. The minimum absolute atomic E-state index is 0. The fourth-order valence-corrected chi connectivity index (χ4v) is 1.15. The molecule has 0 bridgehead atoms. The molecule has 0 spiro atoms. The molecule has 0 unspecified atom stereocenters. The molecular weight excluding hydrogens is 338 g/mol. The minimum Gasteiger partial charge on any atom is -0.323 e. The van der Waals surface area contributed by atoms with Gasteiger partial charge in [0.2, 0.25) is 0 Å². The monoisotopic (exact) mass is 343 g/mol. The average Bonchev–Trinajstić information content (AvgIpc) is 2.59. The number of hydrogen-bond acceptors (Lipinski definition) is 3. The Morgan fingerprint density at radius 1 is 1.55 bits per heavy atom. The summed E-state index contributed by atoms with van der Waals surface area (Å²) in [6.07, 6.45) is 6.40. The van der Waals surface area contributed by atoms with Crippen molar-refractivity contribution in [3.05, 3.63) is 30.0 Å². The molecule has 2 rings (SSSR count). The standard InChI is InChI=1S/C6H4N3S.Ir/c1-2-7-9(3-1)6-4-8-10-5-6;/h1-3,5H;/q-1;. The zero-order valence-electron chi connectivity index (χ0n) is 5.39. The molecule has 0 saturated carbocycles. The van der Waals surface area contributed by atoms with Crippen molar-refractivity contribution in [3.8, 4) is 5.69 Å². The van der Waals surface area contributed by atoms with Crippen LogP contribution in [-0.2, 0) is 20.1 Å². The molecule has 1 radical (unpaired) electrons. The van der Waals surface area contributed by atoms with Crippen LogP contribution in [0.2, 0.25) is 0 Å². The van der Waals surface area contributed by atoms with Crippen LogP contribution >= 0.6 is 11.5 Å². The van der Waals surface area contributed by atoms with E-state index in [0.717, 1.165) is 5.69 Å². The molecule has 2 aromatic heterocycles. The van der Waals surface area contributed by atoms with Crippen LogP contribution in [0.3, 0.4) is 0 Å². The zero-order chi connectivity index (χ0) is 6.81. The van der Waals surface area contributed by atoms with E-state index in [2.05, 4.69) is 15.7 Å². The predicted octanol–water partition coefficient (Wildman–Crippen LogP) is 1.13. The van der Waals surface area contributed by atoms with Gasteiger partial charge < -0.3 is 4.37 Å². The van der Waals surface area contributed by atoms with Crippen molar-refractivity contribution in [2.45, 2.75) is 0 Å². The van der Waals surface area contributed by atoms with Crippen LogP contribution in [-0.4, -0.2) is 14.2 Å². The first kappa shape index (κ1) is 8.58. The first-order chi connectivity index (χ1) is 4.97. The summed E-state index contributed by atoms with van der Waals surface area (Å²) in [5, 5.41) is 5.91. The van der Waals surface area contributed by atoms with Crippen LogP contribution < -0.4 is 0 Å². The van der Waals surface area contributed by atoms with Crippen molar-refractivity contribution in [1.29, 1.82) is 0 Å². The van der Waals surface area contributed by atoms with Gasteiger partial charge in [-0.15, -0.1) is 11.6 Å². The first-order valence-electron chi connectivity index (χ1n) is 2.79. The van der Waals surface area contributed by atoms with Gasteiger partial charge in [-0.1, -0.05) is 5.69 Å². The van der Waals surface area contributed by atoms with Crippen molar-refractivity contribution in [3.63, 3.8) is 0 Å². The molecule has 0 saturated heterocycles. The predicted molar refractivity (Wildman–Crippen MR) is 38.1 cm³/mol. The quantitative estimate of drug-likeness (QED) is 0.728. The van der Waals surface area contributed by atoms with E-state index in [0.29, 0.717) is 0 Å². The third-order valence-corrected chi connectivity index (χ3v) is 1.65. The second kappa shape index (κ2) is 3.76. The summed E-state index contributed by atoms with van der Waals surface area (Å²) < 4.78 is 5.56. The van der Waals surface area contributed by atoms with Gasteiger partial charge in [-0.05, 0) is 6.07 Å². The van der Waals surface area contributed by atoms with Gasteiger partial charge in [-0.3, -0.25) is 4.68 Å². The van der Waals surface area contributed by atoms with E-state index in [-0.39, 0.29) is 20.1 Å². The van der Waals surface area contributed by atoms with E-state index in [1.54, 1.807) is 10.9 Å². The van der Waals surface area contributed by atoms with Crippen LogP contribution in [0.1, 0.15) is 0 Å². The Kier molecular flexibility index (Phi) is 2.93. The molecule has 0 amide bonds. The smallest absolute Gasteiger partial charge is 0.0492 e. The van der Waals surface area contributed by atoms with Crippen LogP contribution in [0.5, 0.6) is 0 Å².